The third-order valence-corrected chi connectivity index (χ3v) is 13.3. The average molecular weight is 866 g/mol. The summed E-state index contributed by atoms with van der Waals surface area (Å²) in [4.78, 5) is 71.0. The molecule has 6 amide bonds. The van der Waals surface area contributed by atoms with Gasteiger partial charge in [0.1, 0.15) is 5.54 Å². The molecule has 19 heteroatoms. The van der Waals surface area contributed by atoms with Gasteiger partial charge in [-0.05, 0) is 96.0 Å². The van der Waals surface area contributed by atoms with E-state index in [1.54, 1.807) is 36.5 Å². The molecule has 0 spiro atoms. The van der Waals surface area contributed by atoms with Gasteiger partial charge >= 0.3 is 12.2 Å². The number of nitrogens with one attached hydrogen (secondary N) is 2. The van der Waals surface area contributed by atoms with E-state index in [9.17, 15) is 37.1 Å². The highest BCUT2D eigenvalue weighted by atomic mass is 32.2. The van der Waals surface area contributed by atoms with Crippen LogP contribution in [-0.4, -0.2) is 121 Å². The number of nitrogens with zero attached hydrogens (tertiary/aromatic N) is 7. The first-order chi connectivity index (χ1) is 28.9. The molecule has 1 aromatic heterocycles. The van der Waals surface area contributed by atoms with E-state index >= 15 is 0 Å². The van der Waals surface area contributed by atoms with Gasteiger partial charge in [0.25, 0.3) is 5.91 Å². The summed E-state index contributed by atoms with van der Waals surface area (Å²) in [5, 5.41) is 20.0. The standard InChI is InChI=1S/C42H50F3N9O6S/c1-24-21-51(22-25(2)52(24)23-35(56)47-33-8-6-7-30-36(49-50(5)37(30)33)31-15-16-34(55)48-38(31)57)17-18-60-28-12-10-27(11-13-28)53-40(59)54(39(58)41(53,3)4)61-29-14-9-26(20-46)32(19-29)42(43,44)45/h6-9,14,19,24-25,27-28,31H,10-13,15-18,21-23H2,1-5H3,(H,47,56)(H,48,55,57)/t24-,25+,27?,28?,31?. The number of alkyl halides is 3. The van der Waals surface area contributed by atoms with Crippen molar-refractivity contribution in [3.05, 3.63) is 53.2 Å². The summed E-state index contributed by atoms with van der Waals surface area (Å²) in [6, 6.07) is 9.53. The monoisotopic (exact) mass is 865 g/mol. The second-order valence-corrected chi connectivity index (χ2v) is 17.9. The molecule has 4 aliphatic rings. The normalized spacial score (nSPS) is 25.3. The van der Waals surface area contributed by atoms with E-state index in [2.05, 4.69) is 39.4 Å². The van der Waals surface area contributed by atoms with E-state index in [4.69, 9.17) is 10.00 Å². The lowest BCUT2D eigenvalue weighted by atomic mass is 9.89. The zero-order valence-corrected chi connectivity index (χ0v) is 35.6. The number of anilines is 1. The minimum absolute atomic E-state index is 0.0259. The van der Waals surface area contributed by atoms with Gasteiger partial charge in [0, 0.05) is 61.5 Å². The Kier molecular flexibility index (Phi) is 12.6. The highest BCUT2D eigenvalue weighted by Crippen LogP contribution is 2.42. The number of benzene rings is 2. The number of aromatic nitrogens is 2. The topological polar surface area (TPSA) is 173 Å². The number of amides is 6. The summed E-state index contributed by atoms with van der Waals surface area (Å²) >= 11 is 0.631. The van der Waals surface area contributed by atoms with Crippen LogP contribution in [0.3, 0.4) is 0 Å². The first-order valence-electron chi connectivity index (χ1n) is 20.5. The van der Waals surface area contributed by atoms with E-state index < -0.39 is 40.7 Å². The third-order valence-electron chi connectivity index (χ3n) is 12.3. The largest absolute Gasteiger partial charge is 0.417 e. The minimum atomic E-state index is -4.77. The van der Waals surface area contributed by atoms with Gasteiger partial charge < -0.3 is 15.0 Å². The van der Waals surface area contributed by atoms with Crippen molar-refractivity contribution in [1.29, 1.82) is 5.26 Å². The molecule has 1 saturated carbocycles. The van der Waals surface area contributed by atoms with Crippen LogP contribution in [-0.2, 0) is 37.1 Å². The first-order valence-corrected chi connectivity index (χ1v) is 21.3. The first kappa shape index (κ1) is 44.0. The van der Waals surface area contributed by atoms with Crippen molar-refractivity contribution >= 4 is 58.2 Å². The molecular weight excluding hydrogens is 816 g/mol. The molecule has 61 heavy (non-hydrogen) atoms. The zero-order chi connectivity index (χ0) is 44.0. The fourth-order valence-corrected chi connectivity index (χ4v) is 10.3. The smallest absolute Gasteiger partial charge is 0.377 e. The number of fused-ring (bicyclic) bond motifs is 1. The van der Waals surface area contributed by atoms with Gasteiger partial charge in [0.05, 0.1) is 59.3 Å². The van der Waals surface area contributed by atoms with Crippen LogP contribution >= 0.6 is 11.9 Å². The van der Waals surface area contributed by atoms with E-state index in [0.29, 0.717) is 74.1 Å². The second kappa shape index (κ2) is 17.4. The zero-order valence-electron chi connectivity index (χ0n) is 34.8. The van der Waals surface area contributed by atoms with Crippen LogP contribution in [0.1, 0.15) is 89.0 Å². The summed E-state index contributed by atoms with van der Waals surface area (Å²) in [6.07, 6.45) is -1.62. The molecule has 2 aromatic carbocycles. The lowest BCUT2D eigenvalue weighted by molar-refractivity contribution is -0.138. The average Bonchev–Trinajstić information content (AvgIpc) is 3.62. The summed E-state index contributed by atoms with van der Waals surface area (Å²) in [7, 11) is 1.77. The van der Waals surface area contributed by atoms with Crippen molar-refractivity contribution in [2.75, 3.05) is 38.1 Å². The van der Waals surface area contributed by atoms with Gasteiger partial charge in [-0.2, -0.15) is 27.8 Å². The Morgan fingerprint density at radius 1 is 1.05 bits per heavy atom. The number of hydrogen-bond acceptors (Lipinski definition) is 11. The molecule has 1 unspecified atom stereocenters. The number of halogens is 3. The van der Waals surface area contributed by atoms with E-state index in [0.717, 1.165) is 34.9 Å². The highest BCUT2D eigenvalue weighted by Gasteiger charge is 2.55. The molecule has 3 saturated heterocycles. The number of nitriles is 1. The van der Waals surface area contributed by atoms with Crippen LogP contribution in [0.25, 0.3) is 10.9 Å². The Bertz CT molecular complexity index is 2260. The number of rotatable bonds is 11. The van der Waals surface area contributed by atoms with E-state index in [1.165, 1.54) is 6.07 Å². The van der Waals surface area contributed by atoms with Crippen molar-refractivity contribution in [3.8, 4) is 6.07 Å². The molecule has 4 heterocycles. The fourth-order valence-electron chi connectivity index (χ4n) is 9.30. The number of aryl methyl sites for hydroxylation is 1. The van der Waals surface area contributed by atoms with Gasteiger partial charge in [-0.15, -0.1) is 0 Å². The Morgan fingerprint density at radius 3 is 2.41 bits per heavy atom. The number of piperazine rings is 1. The Morgan fingerprint density at radius 2 is 1.75 bits per heavy atom. The van der Waals surface area contributed by atoms with Crippen molar-refractivity contribution in [2.45, 2.75) is 113 Å². The van der Waals surface area contributed by atoms with Crippen LogP contribution in [0, 0.1) is 11.3 Å². The van der Waals surface area contributed by atoms with E-state index in [1.807, 2.05) is 18.2 Å². The molecule has 7 rings (SSSR count). The molecule has 15 nitrogen and oxygen atoms in total. The van der Waals surface area contributed by atoms with Crippen molar-refractivity contribution in [1.82, 2.24) is 34.1 Å². The number of imide groups is 2. The van der Waals surface area contributed by atoms with Gasteiger partial charge in [-0.25, -0.2) is 4.79 Å². The molecule has 326 valence electrons. The molecule has 0 radical (unpaired) electrons. The highest BCUT2D eigenvalue weighted by molar-refractivity contribution is 7.98. The predicted octanol–water partition coefficient (Wildman–Crippen LogP) is 5.39. The number of urea groups is 1. The van der Waals surface area contributed by atoms with Crippen LogP contribution in [0.2, 0.25) is 0 Å². The molecular formula is C42H50F3N9O6S. The van der Waals surface area contributed by atoms with E-state index in [-0.39, 0.29) is 59.8 Å². The molecule has 4 fully saturated rings. The molecule has 1 aliphatic carbocycles. The second-order valence-electron chi connectivity index (χ2n) is 16.9. The van der Waals surface area contributed by atoms with Crippen LogP contribution in [0.15, 0.2) is 41.3 Å². The summed E-state index contributed by atoms with van der Waals surface area (Å²) in [5.74, 6) is -1.89. The van der Waals surface area contributed by atoms with Crippen molar-refractivity contribution < 1.29 is 41.9 Å². The van der Waals surface area contributed by atoms with Crippen molar-refractivity contribution in [2.24, 2.45) is 7.05 Å². The molecule has 3 atom stereocenters. The summed E-state index contributed by atoms with van der Waals surface area (Å²) < 4.78 is 49.7. The Balaban J connectivity index is 0.871. The maximum Gasteiger partial charge on any atom is 0.417 e. The van der Waals surface area contributed by atoms with Crippen LogP contribution in [0.4, 0.5) is 23.7 Å². The van der Waals surface area contributed by atoms with Gasteiger partial charge in [0.2, 0.25) is 17.7 Å². The number of para-hydroxylation sites is 1. The molecule has 0 bridgehead atoms. The fraction of sp³-hybridized carbons (Fsp3) is 0.548. The third kappa shape index (κ3) is 8.99. The number of ether oxygens (including phenoxy) is 1. The van der Waals surface area contributed by atoms with Gasteiger partial charge in [0.15, 0.2) is 0 Å². The predicted molar refractivity (Wildman–Crippen MR) is 219 cm³/mol. The van der Waals surface area contributed by atoms with Crippen LogP contribution in [0.5, 0.6) is 0 Å². The quantitative estimate of drug-likeness (QED) is 0.144. The number of piperidine rings is 1. The summed E-state index contributed by atoms with van der Waals surface area (Å²) in [5.41, 5.74) is -0.984. The SMILES string of the molecule is C[C@@H]1CN(CCOC2CCC(N3C(=O)N(Sc4ccc(C#N)c(C(F)(F)F)c4)C(=O)C3(C)C)CC2)C[C@H](C)N1CC(=O)Nc1cccc2c(C3CCC(=O)NC3=O)nn(C)c12. The Hall–Kier alpha value is -5.03. The lowest BCUT2D eigenvalue weighted by Gasteiger charge is -2.44. The van der Waals surface area contributed by atoms with Gasteiger partial charge in [-0.3, -0.25) is 39.0 Å². The maximum absolute atomic E-state index is 13.7. The lowest BCUT2D eigenvalue weighted by Crippen LogP contribution is -2.58. The van der Waals surface area contributed by atoms with Crippen molar-refractivity contribution in [3.63, 3.8) is 0 Å². The maximum atomic E-state index is 13.7. The van der Waals surface area contributed by atoms with Gasteiger partial charge in [-0.1, -0.05) is 12.1 Å². The number of carbonyl (C=O) groups excluding carboxylic acids is 5. The van der Waals surface area contributed by atoms with Crippen LogP contribution < -0.4 is 10.6 Å². The molecule has 2 N–H and O–H groups in total. The minimum Gasteiger partial charge on any atom is -0.377 e. The molecule has 3 aliphatic heterocycles. The summed E-state index contributed by atoms with van der Waals surface area (Å²) in [6.45, 7) is 10.4. The Labute approximate surface area is 356 Å². The number of hydrogen-bond donors (Lipinski definition) is 2. The number of carbonyl (C=O) groups is 5. The molecule has 3 aromatic rings.